The summed E-state index contributed by atoms with van der Waals surface area (Å²) < 4.78 is 26.1. The molecule has 1 aromatic rings. The predicted molar refractivity (Wildman–Crippen MR) is 74.9 cm³/mol. The van der Waals surface area contributed by atoms with Crippen LogP contribution in [-0.2, 0) is 10.0 Å². The molecule has 1 aromatic carbocycles. The second-order valence-corrected chi connectivity index (χ2v) is 6.52. The average molecular weight is 270 g/mol. The molecule has 0 unspecified atom stereocenters. The first-order chi connectivity index (χ1) is 8.41. The minimum atomic E-state index is -3.42. The van der Waals surface area contributed by atoms with Gasteiger partial charge in [0.1, 0.15) is 0 Å². The largest absolute Gasteiger partial charge is 0.398 e. The van der Waals surface area contributed by atoms with E-state index in [1.54, 1.807) is 32.2 Å². The fraction of sp³-hybridized carbons (Fsp3) is 0.538. The molecule has 18 heavy (non-hydrogen) atoms. The minimum absolute atomic E-state index is 0.307. The normalized spacial score (nSPS) is 12.0. The molecule has 5 heteroatoms. The van der Waals surface area contributed by atoms with E-state index < -0.39 is 10.0 Å². The predicted octanol–water partition coefficient (Wildman–Crippen LogP) is 2.39. The van der Waals surface area contributed by atoms with Gasteiger partial charge >= 0.3 is 0 Å². The number of nitrogens with zero attached hydrogens (tertiary/aromatic N) is 1. The van der Waals surface area contributed by atoms with Gasteiger partial charge in [-0.25, -0.2) is 12.7 Å². The Morgan fingerprint density at radius 3 is 2.56 bits per heavy atom. The van der Waals surface area contributed by atoms with Gasteiger partial charge in [0, 0.05) is 19.3 Å². The lowest BCUT2D eigenvalue weighted by Gasteiger charge is -2.18. The number of hydrogen-bond acceptors (Lipinski definition) is 3. The van der Waals surface area contributed by atoms with Crippen molar-refractivity contribution in [3.63, 3.8) is 0 Å². The Labute approximate surface area is 110 Å². The van der Waals surface area contributed by atoms with Gasteiger partial charge in [0.2, 0.25) is 10.0 Å². The molecule has 0 amide bonds. The summed E-state index contributed by atoms with van der Waals surface area (Å²) in [6.07, 6.45) is 2.99. The number of nitrogens with two attached hydrogens (primary N) is 1. The van der Waals surface area contributed by atoms with Gasteiger partial charge in [-0.3, -0.25) is 0 Å². The molecular weight excluding hydrogens is 248 g/mol. The van der Waals surface area contributed by atoms with Crippen LogP contribution in [0, 0.1) is 6.92 Å². The lowest BCUT2D eigenvalue weighted by atomic mass is 10.2. The van der Waals surface area contributed by atoms with Crippen molar-refractivity contribution in [3.8, 4) is 0 Å². The van der Waals surface area contributed by atoms with Crippen LogP contribution < -0.4 is 5.73 Å². The zero-order valence-corrected chi connectivity index (χ0v) is 12.1. The highest BCUT2D eigenvalue weighted by Gasteiger charge is 2.22. The number of nitrogen functional groups attached to an aromatic ring is 1. The van der Waals surface area contributed by atoms with Gasteiger partial charge in [0.05, 0.1) is 4.90 Å². The Bertz CT molecular complexity index is 498. The van der Waals surface area contributed by atoms with E-state index in [0.29, 0.717) is 22.7 Å². The second kappa shape index (κ2) is 6.20. The highest BCUT2D eigenvalue weighted by molar-refractivity contribution is 7.89. The van der Waals surface area contributed by atoms with Crippen LogP contribution >= 0.6 is 0 Å². The first kappa shape index (κ1) is 15.0. The van der Waals surface area contributed by atoms with Crippen molar-refractivity contribution in [3.05, 3.63) is 23.8 Å². The van der Waals surface area contributed by atoms with Crippen LogP contribution in [-0.4, -0.2) is 26.3 Å². The van der Waals surface area contributed by atoms with Crippen LogP contribution in [0.1, 0.15) is 31.7 Å². The maximum Gasteiger partial charge on any atom is 0.243 e. The third-order valence-electron chi connectivity index (χ3n) is 3.09. The number of anilines is 1. The van der Waals surface area contributed by atoms with Gasteiger partial charge < -0.3 is 5.73 Å². The fourth-order valence-corrected chi connectivity index (χ4v) is 3.24. The number of unbranched alkanes of at least 4 members (excludes halogenated alkanes) is 2. The molecule has 2 N–H and O–H groups in total. The van der Waals surface area contributed by atoms with Gasteiger partial charge in [-0.1, -0.05) is 25.8 Å². The molecule has 0 atom stereocenters. The Kier molecular flexibility index (Phi) is 5.16. The van der Waals surface area contributed by atoms with Gasteiger partial charge in [-0.05, 0) is 31.0 Å². The second-order valence-electron chi connectivity index (χ2n) is 4.50. The van der Waals surface area contributed by atoms with E-state index in [-0.39, 0.29) is 0 Å². The summed E-state index contributed by atoms with van der Waals surface area (Å²) in [4.78, 5) is 0.307. The monoisotopic (exact) mass is 270 g/mol. The first-order valence-corrected chi connectivity index (χ1v) is 7.66. The molecule has 0 spiro atoms. The maximum absolute atomic E-state index is 12.4. The molecule has 0 aliphatic rings. The molecule has 0 aliphatic heterocycles. The molecule has 0 aromatic heterocycles. The van der Waals surface area contributed by atoms with E-state index in [2.05, 4.69) is 6.92 Å². The van der Waals surface area contributed by atoms with Gasteiger partial charge in [-0.15, -0.1) is 0 Å². The SMILES string of the molecule is CCCCCN(C)S(=O)(=O)c1cccc(N)c1C. The van der Waals surface area contributed by atoms with Crippen LogP contribution in [0.5, 0.6) is 0 Å². The molecule has 0 fully saturated rings. The zero-order chi connectivity index (χ0) is 13.8. The van der Waals surface area contributed by atoms with E-state index in [1.807, 2.05) is 0 Å². The first-order valence-electron chi connectivity index (χ1n) is 6.22. The quantitative estimate of drug-likeness (QED) is 0.637. The molecule has 1 rings (SSSR count). The molecular formula is C13H22N2O2S. The van der Waals surface area contributed by atoms with Crippen LogP contribution in [0.3, 0.4) is 0 Å². The molecule has 0 bridgehead atoms. The summed E-state index contributed by atoms with van der Waals surface area (Å²) in [5, 5.41) is 0. The zero-order valence-electron chi connectivity index (χ0n) is 11.3. The molecule has 4 nitrogen and oxygen atoms in total. The van der Waals surface area contributed by atoms with Crippen LogP contribution in [0.4, 0.5) is 5.69 Å². The standard InChI is InChI=1S/C13H22N2O2S/c1-4-5-6-10-15(3)18(16,17)13-9-7-8-12(14)11(13)2/h7-9H,4-6,10,14H2,1-3H3. The van der Waals surface area contributed by atoms with Gasteiger partial charge in [0.25, 0.3) is 0 Å². The van der Waals surface area contributed by atoms with Crippen molar-refractivity contribution in [2.24, 2.45) is 0 Å². The molecule has 0 heterocycles. The Morgan fingerprint density at radius 1 is 1.28 bits per heavy atom. The number of sulfonamides is 1. The van der Waals surface area contributed by atoms with E-state index in [0.717, 1.165) is 19.3 Å². The number of benzene rings is 1. The minimum Gasteiger partial charge on any atom is -0.398 e. The number of rotatable bonds is 6. The van der Waals surface area contributed by atoms with E-state index >= 15 is 0 Å². The highest BCUT2D eigenvalue weighted by Crippen LogP contribution is 2.23. The Morgan fingerprint density at radius 2 is 1.94 bits per heavy atom. The van der Waals surface area contributed by atoms with Crippen molar-refractivity contribution in [1.29, 1.82) is 0 Å². The van der Waals surface area contributed by atoms with Gasteiger partial charge in [0.15, 0.2) is 0 Å². The van der Waals surface area contributed by atoms with Crippen molar-refractivity contribution in [2.45, 2.75) is 38.0 Å². The van der Waals surface area contributed by atoms with E-state index in [9.17, 15) is 8.42 Å². The van der Waals surface area contributed by atoms with Crippen molar-refractivity contribution in [1.82, 2.24) is 4.31 Å². The highest BCUT2D eigenvalue weighted by atomic mass is 32.2. The van der Waals surface area contributed by atoms with Crippen LogP contribution in [0.2, 0.25) is 0 Å². The summed E-state index contributed by atoms with van der Waals surface area (Å²) >= 11 is 0. The third-order valence-corrected chi connectivity index (χ3v) is 5.09. The summed E-state index contributed by atoms with van der Waals surface area (Å²) in [5.74, 6) is 0. The van der Waals surface area contributed by atoms with E-state index in [1.165, 1.54) is 4.31 Å². The van der Waals surface area contributed by atoms with Crippen molar-refractivity contribution < 1.29 is 8.42 Å². The lowest BCUT2D eigenvalue weighted by Crippen LogP contribution is -2.28. The topological polar surface area (TPSA) is 63.4 Å². The Hall–Kier alpha value is -1.07. The molecule has 0 saturated heterocycles. The van der Waals surface area contributed by atoms with Crippen molar-refractivity contribution >= 4 is 15.7 Å². The molecule has 102 valence electrons. The van der Waals surface area contributed by atoms with Crippen LogP contribution in [0.25, 0.3) is 0 Å². The summed E-state index contributed by atoms with van der Waals surface area (Å²) in [6, 6.07) is 5.00. The van der Waals surface area contributed by atoms with E-state index in [4.69, 9.17) is 5.73 Å². The number of hydrogen-bond donors (Lipinski definition) is 1. The third kappa shape index (κ3) is 3.23. The maximum atomic E-state index is 12.4. The summed E-state index contributed by atoms with van der Waals surface area (Å²) in [5.41, 5.74) is 6.89. The fourth-order valence-electron chi connectivity index (χ4n) is 1.78. The summed E-state index contributed by atoms with van der Waals surface area (Å²) in [6.45, 7) is 4.38. The molecule has 0 saturated carbocycles. The molecule has 0 radical (unpaired) electrons. The molecule has 0 aliphatic carbocycles. The Balaban J connectivity index is 2.95. The average Bonchev–Trinajstić information content (AvgIpc) is 2.32. The lowest BCUT2D eigenvalue weighted by molar-refractivity contribution is 0.454. The van der Waals surface area contributed by atoms with Crippen LogP contribution in [0.15, 0.2) is 23.1 Å². The summed E-state index contributed by atoms with van der Waals surface area (Å²) in [7, 11) is -1.80. The van der Waals surface area contributed by atoms with Gasteiger partial charge in [-0.2, -0.15) is 0 Å². The van der Waals surface area contributed by atoms with Crippen molar-refractivity contribution in [2.75, 3.05) is 19.3 Å². The smallest absolute Gasteiger partial charge is 0.243 e.